The van der Waals surface area contributed by atoms with E-state index in [0.717, 1.165) is 25.7 Å². The third-order valence-corrected chi connectivity index (χ3v) is 5.00. The van der Waals surface area contributed by atoms with Crippen LogP contribution in [0.5, 0.6) is 5.75 Å². The number of anilines is 1. The van der Waals surface area contributed by atoms with Crippen molar-refractivity contribution in [2.24, 2.45) is 5.92 Å². The second-order valence-electron chi connectivity index (χ2n) is 6.64. The zero-order valence-electron chi connectivity index (χ0n) is 14.8. The first-order valence-electron chi connectivity index (χ1n) is 9.05. The van der Waals surface area contributed by atoms with Crippen molar-refractivity contribution in [1.29, 1.82) is 0 Å². The van der Waals surface area contributed by atoms with Gasteiger partial charge in [0.2, 0.25) is 0 Å². The number of urea groups is 1. The predicted octanol–water partition coefficient (Wildman–Crippen LogP) is 3.32. The van der Waals surface area contributed by atoms with Crippen LogP contribution in [0.1, 0.15) is 42.5 Å². The molecule has 2 aliphatic rings. The summed E-state index contributed by atoms with van der Waals surface area (Å²) >= 11 is 0. The lowest BCUT2D eigenvalue weighted by molar-refractivity contribution is 0.0564. The Morgan fingerprint density at radius 1 is 1.16 bits per heavy atom. The van der Waals surface area contributed by atoms with E-state index >= 15 is 0 Å². The molecule has 0 aromatic heterocycles. The second kappa shape index (κ2) is 8.34. The van der Waals surface area contributed by atoms with E-state index in [2.05, 4.69) is 5.32 Å². The summed E-state index contributed by atoms with van der Waals surface area (Å²) in [7, 11) is 1.56. The van der Waals surface area contributed by atoms with Gasteiger partial charge in [-0.05, 0) is 31.0 Å². The summed E-state index contributed by atoms with van der Waals surface area (Å²) in [4.78, 5) is 26.9. The minimum atomic E-state index is -0.191. The van der Waals surface area contributed by atoms with Crippen molar-refractivity contribution in [3.63, 3.8) is 0 Å². The monoisotopic (exact) mass is 346 g/mol. The van der Waals surface area contributed by atoms with Gasteiger partial charge in [0.1, 0.15) is 5.75 Å². The van der Waals surface area contributed by atoms with Gasteiger partial charge in [0.15, 0.2) is 5.78 Å². The quantitative estimate of drug-likeness (QED) is 0.849. The van der Waals surface area contributed by atoms with Gasteiger partial charge in [0.05, 0.1) is 26.0 Å². The Bertz CT molecular complexity index is 620. The molecule has 2 amide bonds. The first-order chi connectivity index (χ1) is 12.2. The summed E-state index contributed by atoms with van der Waals surface area (Å²) in [6, 6.07) is 5.10. The Balaban J connectivity index is 1.75. The predicted molar refractivity (Wildman–Crippen MR) is 95.3 cm³/mol. The molecule has 136 valence electrons. The number of methoxy groups -OCH3 is 1. The van der Waals surface area contributed by atoms with Crippen LogP contribution in [0.15, 0.2) is 18.2 Å². The number of rotatable bonds is 4. The Morgan fingerprint density at radius 3 is 2.56 bits per heavy atom. The molecule has 1 heterocycles. The van der Waals surface area contributed by atoms with Crippen LogP contribution >= 0.6 is 0 Å². The third-order valence-electron chi connectivity index (χ3n) is 5.00. The maximum atomic E-state index is 12.8. The lowest BCUT2D eigenvalue weighted by atomic mass is 9.84. The molecule has 25 heavy (non-hydrogen) atoms. The number of nitrogens with one attached hydrogen (secondary N) is 1. The largest absolute Gasteiger partial charge is 0.495 e. The average molecular weight is 346 g/mol. The fourth-order valence-electron chi connectivity index (χ4n) is 3.52. The van der Waals surface area contributed by atoms with Crippen molar-refractivity contribution < 1.29 is 19.1 Å². The molecule has 0 spiro atoms. The van der Waals surface area contributed by atoms with Gasteiger partial charge in [0.25, 0.3) is 0 Å². The van der Waals surface area contributed by atoms with Crippen molar-refractivity contribution in [3.8, 4) is 5.75 Å². The molecule has 2 fully saturated rings. The first kappa shape index (κ1) is 17.7. The van der Waals surface area contributed by atoms with Gasteiger partial charge < -0.3 is 19.7 Å². The van der Waals surface area contributed by atoms with Crippen molar-refractivity contribution >= 4 is 17.5 Å². The summed E-state index contributed by atoms with van der Waals surface area (Å²) in [5, 5.41) is 2.88. The molecule has 6 nitrogen and oxygen atoms in total. The standard InChI is InChI=1S/C19H26N2O4/c1-24-17-8-7-15(18(22)14-5-3-2-4-6-14)13-16(17)20-19(23)21-9-11-25-12-10-21/h7-8,13-14H,2-6,9-12H2,1H3,(H,20,23). The van der Waals surface area contributed by atoms with Crippen LogP contribution in [0.3, 0.4) is 0 Å². The number of nitrogens with zero attached hydrogens (tertiary/aromatic N) is 1. The van der Waals surface area contributed by atoms with Gasteiger partial charge in [-0.25, -0.2) is 4.79 Å². The minimum Gasteiger partial charge on any atom is -0.495 e. The third kappa shape index (κ3) is 4.31. The maximum absolute atomic E-state index is 12.8. The van der Waals surface area contributed by atoms with E-state index in [9.17, 15) is 9.59 Å². The maximum Gasteiger partial charge on any atom is 0.322 e. The Hall–Kier alpha value is -2.08. The van der Waals surface area contributed by atoms with Gasteiger partial charge >= 0.3 is 6.03 Å². The number of Topliss-reactive ketones (excluding diaryl/α,β-unsaturated/α-hetero) is 1. The molecule has 1 aromatic carbocycles. The highest BCUT2D eigenvalue weighted by atomic mass is 16.5. The van der Waals surface area contributed by atoms with Crippen LogP contribution < -0.4 is 10.1 Å². The van der Waals surface area contributed by atoms with E-state index in [0.29, 0.717) is 43.3 Å². The first-order valence-corrected chi connectivity index (χ1v) is 9.05. The fraction of sp³-hybridized carbons (Fsp3) is 0.579. The van der Waals surface area contributed by atoms with Crippen LogP contribution in [0.2, 0.25) is 0 Å². The van der Waals surface area contributed by atoms with E-state index < -0.39 is 0 Å². The highest BCUT2D eigenvalue weighted by Gasteiger charge is 2.24. The summed E-state index contributed by atoms with van der Waals surface area (Å²) in [5.41, 5.74) is 1.19. The highest BCUT2D eigenvalue weighted by molar-refractivity contribution is 6.00. The van der Waals surface area contributed by atoms with Crippen molar-refractivity contribution in [3.05, 3.63) is 23.8 Å². The number of hydrogen-bond acceptors (Lipinski definition) is 4. The molecule has 0 bridgehead atoms. The summed E-state index contributed by atoms with van der Waals surface area (Å²) in [6.45, 7) is 2.22. The Kier molecular flexibility index (Phi) is 5.91. The molecule has 0 atom stereocenters. The molecular formula is C19H26N2O4. The van der Waals surface area contributed by atoms with Crippen LogP contribution in [0.4, 0.5) is 10.5 Å². The Labute approximate surface area is 148 Å². The molecule has 0 unspecified atom stereocenters. The van der Waals surface area contributed by atoms with E-state index in [1.54, 1.807) is 30.2 Å². The average Bonchev–Trinajstić information content (AvgIpc) is 2.68. The minimum absolute atomic E-state index is 0.102. The zero-order chi connectivity index (χ0) is 17.6. The number of benzene rings is 1. The van der Waals surface area contributed by atoms with Gasteiger partial charge in [-0.2, -0.15) is 0 Å². The summed E-state index contributed by atoms with van der Waals surface area (Å²) in [6.07, 6.45) is 5.37. The van der Waals surface area contributed by atoms with Gasteiger partial charge in [-0.15, -0.1) is 0 Å². The smallest absolute Gasteiger partial charge is 0.322 e. The van der Waals surface area contributed by atoms with Crippen LogP contribution in [0.25, 0.3) is 0 Å². The molecule has 1 aliphatic carbocycles. The lowest BCUT2D eigenvalue weighted by Gasteiger charge is -2.27. The second-order valence-corrected chi connectivity index (χ2v) is 6.64. The zero-order valence-corrected chi connectivity index (χ0v) is 14.8. The van der Waals surface area contributed by atoms with E-state index in [4.69, 9.17) is 9.47 Å². The van der Waals surface area contributed by atoms with Gasteiger partial charge in [-0.1, -0.05) is 19.3 Å². The number of ketones is 1. The molecule has 1 N–H and O–H groups in total. The molecule has 1 saturated heterocycles. The SMILES string of the molecule is COc1ccc(C(=O)C2CCCCC2)cc1NC(=O)N1CCOCC1. The molecule has 1 aliphatic heterocycles. The molecule has 0 radical (unpaired) electrons. The van der Waals surface area contributed by atoms with Crippen molar-refractivity contribution in [2.75, 3.05) is 38.7 Å². The number of carbonyl (C=O) groups is 2. The number of carbonyl (C=O) groups excluding carboxylic acids is 2. The van der Waals surface area contributed by atoms with E-state index in [1.165, 1.54) is 6.42 Å². The molecular weight excluding hydrogens is 320 g/mol. The molecule has 1 aromatic rings. The van der Waals surface area contributed by atoms with Crippen LogP contribution in [0, 0.1) is 5.92 Å². The van der Waals surface area contributed by atoms with Gasteiger partial charge in [-0.3, -0.25) is 4.79 Å². The molecule has 3 rings (SSSR count). The van der Waals surface area contributed by atoms with Crippen molar-refractivity contribution in [1.82, 2.24) is 4.90 Å². The van der Waals surface area contributed by atoms with Crippen LogP contribution in [-0.2, 0) is 4.74 Å². The van der Waals surface area contributed by atoms with E-state index in [-0.39, 0.29) is 17.7 Å². The van der Waals surface area contributed by atoms with Crippen LogP contribution in [-0.4, -0.2) is 50.1 Å². The molecule has 6 heteroatoms. The fourth-order valence-corrected chi connectivity index (χ4v) is 3.52. The number of hydrogen-bond donors (Lipinski definition) is 1. The summed E-state index contributed by atoms with van der Waals surface area (Å²) in [5.74, 6) is 0.830. The normalized spacial score (nSPS) is 18.7. The molecule has 1 saturated carbocycles. The summed E-state index contributed by atoms with van der Waals surface area (Å²) < 4.78 is 10.6. The van der Waals surface area contributed by atoms with Crippen molar-refractivity contribution in [2.45, 2.75) is 32.1 Å². The lowest BCUT2D eigenvalue weighted by Crippen LogP contribution is -2.43. The Morgan fingerprint density at radius 2 is 1.88 bits per heavy atom. The highest BCUT2D eigenvalue weighted by Crippen LogP contribution is 2.31. The number of ether oxygens (including phenoxy) is 2. The topological polar surface area (TPSA) is 67.9 Å². The van der Waals surface area contributed by atoms with Gasteiger partial charge in [0, 0.05) is 24.6 Å². The number of amides is 2. The number of morpholine rings is 1. The van der Waals surface area contributed by atoms with E-state index in [1.807, 2.05) is 0 Å².